The molecule has 0 radical (unpaired) electrons. The van der Waals surface area contributed by atoms with Gasteiger partial charge in [0.05, 0.1) is 5.92 Å². The van der Waals surface area contributed by atoms with Crippen molar-refractivity contribution in [1.82, 2.24) is 4.90 Å². The van der Waals surface area contributed by atoms with Crippen molar-refractivity contribution in [3.05, 3.63) is 29.1 Å². The molecule has 0 saturated carbocycles. The molecule has 1 aliphatic heterocycles. The van der Waals surface area contributed by atoms with E-state index in [2.05, 4.69) is 5.32 Å². The highest BCUT2D eigenvalue weighted by Gasteiger charge is 2.31. The molecule has 2 rings (SSSR count). The average Bonchev–Trinajstić information content (AvgIpc) is 2.57. The molecule has 0 aromatic heterocycles. The molecular weight excluding hydrogens is 353 g/mol. The van der Waals surface area contributed by atoms with Gasteiger partial charge < -0.3 is 20.7 Å². The van der Waals surface area contributed by atoms with Crippen molar-refractivity contribution in [2.45, 2.75) is 46.1 Å². The van der Waals surface area contributed by atoms with Gasteiger partial charge in [0.25, 0.3) is 0 Å². The maximum Gasteiger partial charge on any atom is 0.410 e. The highest BCUT2D eigenvalue weighted by atomic mass is 19.1. The van der Waals surface area contributed by atoms with Crippen molar-refractivity contribution in [3.8, 4) is 0 Å². The first-order valence-corrected chi connectivity index (χ1v) is 8.86. The first kappa shape index (κ1) is 20.7. The molecule has 0 spiro atoms. The van der Waals surface area contributed by atoms with Crippen molar-refractivity contribution < 1.29 is 23.5 Å². The fraction of sp³-hybridized carbons (Fsp3) is 0.526. The van der Waals surface area contributed by atoms with Gasteiger partial charge in [-0.3, -0.25) is 9.59 Å². The predicted molar refractivity (Wildman–Crippen MR) is 98.8 cm³/mol. The average molecular weight is 379 g/mol. The third-order valence-corrected chi connectivity index (χ3v) is 4.33. The molecule has 1 aliphatic rings. The lowest BCUT2D eigenvalue weighted by Crippen LogP contribution is -2.45. The number of hydrogen-bond donors (Lipinski definition) is 2. The quantitative estimate of drug-likeness (QED) is 0.843. The lowest BCUT2D eigenvalue weighted by atomic mass is 9.97. The van der Waals surface area contributed by atoms with Gasteiger partial charge in [-0.2, -0.15) is 0 Å². The van der Waals surface area contributed by atoms with Gasteiger partial charge in [-0.25, -0.2) is 9.18 Å². The number of amides is 3. The number of anilines is 1. The van der Waals surface area contributed by atoms with Crippen LogP contribution < -0.4 is 11.1 Å². The van der Waals surface area contributed by atoms with E-state index in [9.17, 15) is 18.8 Å². The number of benzene rings is 1. The number of carbonyl (C=O) groups excluding carboxylic acids is 3. The van der Waals surface area contributed by atoms with E-state index in [-0.39, 0.29) is 29.3 Å². The Bertz CT molecular complexity index is 758. The molecule has 0 aliphatic carbocycles. The van der Waals surface area contributed by atoms with Gasteiger partial charge in [-0.15, -0.1) is 0 Å². The number of ether oxygens (including phenoxy) is 1. The Hall–Kier alpha value is -2.64. The summed E-state index contributed by atoms with van der Waals surface area (Å²) in [5, 5.41) is 2.66. The van der Waals surface area contributed by atoms with Gasteiger partial charge in [-0.05, 0) is 52.7 Å². The van der Waals surface area contributed by atoms with Crippen molar-refractivity contribution >= 4 is 23.6 Å². The zero-order valence-corrected chi connectivity index (χ0v) is 16.1. The van der Waals surface area contributed by atoms with Crippen molar-refractivity contribution in [2.75, 3.05) is 18.4 Å². The zero-order chi connectivity index (χ0) is 20.4. The van der Waals surface area contributed by atoms with Gasteiger partial charge in [0.15, 0.2) is 0 Å². The number of rotatable bonds is 3. The number of nitrogens with two attached hydrogens (primary N) is 1. The summed E-state index contributed by atoms with van der Waals surface area (Å²) in [5.41, 5.74) is 4.98. The van der Waals surface area contributed by atoms with E-state index in [1.54, 1.807) is 20.8 Å². The first-order valence-electron chi connectivity index (χ1n) is 8.86. The van der Waals surface area contributed by atoms with Crippen LogP contribution in [0.4, 0.5) is 14.9 Å². The number of nitrogens with one attached hydrogen (secondary N) is 1. The largest absolute Gasteiger partial charge is 0.444 e. The van der Waals surface area contributed by atoms with Crippen LogP contribution in [-0.4, -0.2) is 41.5 Å². The van der Waals surface area contributed by atoms with Crippen LogP contribution in [0.1, 0.15) is 49.5 Å². The van der Waals surface area contributed by atoms with Crippen molar-refractivity contribution in [3.63, 3.8) is 0 Å². The lowest BCUT2D eigenvalue weighted by molar-refractivity contribution is -0.121. The van der Waals surface area contributed by atoms with Gasteiger partial charge in [0, 0.05) is 29.9 Å². The fourth-order valence-corrected chi connectivity index (χ4v) is 2.87. The second-order valence-corrected chi connectivity index (χ2v) is 7.75. The molecule has 1 fully saturated rings. The minimum Gasteiger partial charge on any atom is -0.444 e. The molecule has 3 N–H and O–H groups in total. The van der Waals surface area contributed by atoms with Crippen LogP contribution in [0, 0.1) is 18.7 Å². The highest BCUT2D eigenvalue weighted by molar-refractivity contribution is 5.97. The molecule has 8 heteroatoms. The fourth-order valence-electron chi connectivity index (χ4n) is 2.87. The van der Waals surface area contributed by atoms with E-state index in [1.165, 1.54) is 17.9 Å². The Labute approximate surface area is 158 Å². The van der Waals surface area contributed by atoms with E-state index in [4.69, 9.17) is 10.5 Å². The standard InChI is InChI=1S/C19H26FN3O4/c1-11-14(20)8-13(16(21)24)9-15(11)22-17(25)12-6-5-7-23(10-12)18(26)27-19(2,3)4/h8-9,12H,5-7,10H2,1-4H3,(H2,21,24)(H,22,25)/t12-/m0/s1. The van der Waals surface area contributed by atoms with Crippen LogP contribution in [0.2, 0.25) is 0 Å². The van der Waals surface area contributed by atoms with Gasteiger partial charge in [-0.1, -0.05) is 0 Å². The SMILES string of the molecule is Cc1c(F)cc(C(N)=O)cc1NC(=O)[C@H]1CCCN(C(=O)OC(C)(C)C)C1. The highest BCUT2D eigenvalue weighted by Crippen LogP contribution is 2.24. The third kappa shape index (κ3) is 5.42. The molecule has 1 heterocycles. The van der Waals surface area contributed by atoms with Crippen molar-refractivity contribution in [1.29, 1.82) is 0 Å². The van der Waals surface area contributed by atoms with Gasteiger partial charge >= 0.3 is 6.09 Å². The Balaban J connectivity index is 2.10. The van der Waals surface area contributed by atoms with E-state index < -0.39 is 29.3 Å². The van der Waals surface area contributed by atoms with Crippen molar-refractivity contribution in [2.24, 2.45) is 11.7 Å². The van der Waals surface area contributed by atoms with Crippen LogP contribution in [-0.2, 0) is 9.53 Å². The van der Waals surface area contributed by atoms with Crippen LogP contribution in [0.5, 0.6) is 0 Å². The third-order valence-electron chi connectivity index (χ3n) is 4.33. The maximum absolute atomic E-state index is 14.0. The minimum atomic E-state index is -0.779. The molecule has 1 saturated heterocycles. The number of piperidine rings is 1. The Morgan fingerprint density at radius 3 is 2.56 bits per heavy atom. The summed E-state index contributed by atoms with van der Waals surface area (Å²) in [6, 6.07) is 2.39. The van der Waals surface area contributed by atoms with Crippen LogP contribution in [0.25, 0.3) is 0 Å². The Morgan fingerprint density at radius 2 is 1.96 bits per heavy atom. The van der Waals surface area contributed by atoms with E-state index in [0.29, 0.717) is 19.4 Å². The topological polar surface area (TPSA) is 102 Å². The number of hydrogen-bond acceptors (Lipinski definition) is 4. The van der Waals surface area contributed by atoms with Gasteiger partial charge in [0.1, 0.15) is 11.4 Å². The normalized spacial score (nSPS) is 17.4. The Kier molecular flexibility index (Phi) is 6.08. The molecule has 3 amide bonds. The molecule has 148 valence electrons. The van der Waals surface area contributed by atoms with Crippen LogP contribution in [0.15, 0.2) is 12.1 Å². The summed E-state index contributed by atoms with van der Waals surface area (Å²) in [6.45, 7) is 7.58. The first-order chi connectivity index (χ1) is 12.5. The summed E-state index contributed by atoms with van der Waals surface area (Å²) in [5.74, 6) is -2.20. The molecule has 0 bridgehead atoms. The monoisotopic (exact) mass is 379 g/mol. The predicted octanol–water partition coefficient (Wildman–Crippen LogP) is 2.82. The molecule has 0 unspecified atom stereocenters. The second-order valence-electron chi connectivity index (χ2n) is 7.75. The molecular formula is C19H26FN3O4. The van der Waals surface area contributed by atoms with Crippen LogP contribution >= 0.6 is 0 Å². The van der Waals surface area contributed by atoms with E-state index in [0.717, 1.165) is 6.07 Å². The number of nitrogens with zero attached hydrogens (tertiary/aromatic N) is 1. The minimum absolute atomic E-state index is 0.0209. The molecule has 1 aromatic carbocycles. The summed E-state index contributed by atoms with van der Waals surface area (Å²) in [7, 11) is 0. The summed E-state index contributed by atoms with van der Waals surface area (Å²) < 4.78 is 19.3. The number of likely N-dealkylation sites (tertiary alicyclic amines) is 1. The maximum atomic E-state index is 14.0. The van der Waals surface area contributed by atoms with Crippen LogP contribution in [0.3, 0.4) is 0 Å². The van der Waals surface area contributed by atoms with Gasteiger partial charge in [0.2, 0.25) is 11.8 Å². The zero-order valence-electron chi connectivity index (χ0n) is 16.1. The van der Waals surface area contributed by atoms with E-state index in [1.807, 2.05) is 0 Å². The second kappa shape index (κ2) is 7.94. The lowest BCUT2D eigenvalue weighted by Gasteiger charge is -2.33. The number of halogens is 1. The molecule has 27 heavy (non-hydrogen) atoms. The molecule has 1 atom stereocenters. The summed E-state index contributed by atoms with van der Waals surface area (Å²) >= 11 is 0. The summed E-state index contributed by atoms with van der Waals surface area (Å²) in [6.07, 6.45) is 0.798. The molecule has 1 aromatic rings. The number of primary amides is 1. The summed E-state index contributed by atoms with van der Waals surface area (Å²) in [4.78, 5) is 37.7. The Morgan fingerprint density at radius 1 is 1.30 bits per heavy atom. The number of carbonyl (C=O) groups is 3. The smallest absolute Gasteiger partial charge is 0.410 e. The van der Waals surface area contributed by atoms with E-state index >= 15 is 0 Å². The molecule has 7 nitrogen and oxygen atoms in total.